The van der Waals surface area contributed by atoms with E-state index in [0.29, 0.717) is 43.2 Å². The molecule has 1 amide bonds. The first-order chi connectivity index (χ1) is 20.2. The highest BCUT2D eigenvalue weighted by molar-refractivity contribution is 6.01. The maximum Gasteiger partial charge on any atom is 0.251 e. The van der Waals surface area contributed by atoms with Crippen molar-refractivity contribution < 1.29 is 19.4 Å². The summed E-state index contributed by atoms with van der Waals surface area (Å²) in [4.78, 5) is 25.9. The van der Waals surface area contributed by atoms with Gasteiger partial charge in [0.05, 0.1) is 18.8 Å². The number of nitrogens with one attached hydrogen (secondary N) is 3. The number of ketones is 1. The van der Waals surface area contributed by atoms with Crippen LogP contribution in [0.4, 0.5) is 5.69 Å². The van der Waals surface area contributed by atoms with E-state index in [4.69, 9.17) is 4.74 Å². The molecule has 0 saturated heterocycles. The molecular formula is C35H43N3O4. The Hall–Kier alpha value is -3.68. The number of fused-ring (bicyclic) bond motifs is 4. The quantitative estimate of drug-likeness (QED) is 0.278. The number of benzene rings is 3. The van der Waals surface area contributed by atoms with Crippen molar-refractivity contribution >= 4 is 17.4 Å². The van der Waals surface area contributed by atoms with Crippen molar-refractivity contribution in [2.45, 2.75) is 76.5 Å². The lowest BCUT2D eigenvalue weighted by Gasteiger charge is -2.28. The number of carbonyl (C=O) groups is 2. The maximum atomic E-state index is 13.6. The number of hydrogen-bond donors (Lipinski definition) is 4. The van der Waals surface area contributed by atoms with Crippen LogP contribution in [0.15, 0.2) is 66.7 Å². The molecule has 0 unspecified atom stereocenters. The van der Waals surface area contributed by atoms with Crippen LogP contribution in [0.2, 0.25) is 0 Å². The van der Waals surface area contributed by atoms with Gasteiger partial charge in [-0.05, 0) is 92.0 Å². The molecule has 42 heavy (non-hydrogen) atoms. The van der Waals surface area contributed by atoms with Gasteiger partial charge in [-0.1, -0.05) is 50.2 Å². The van der Waals surface area contributed by atoms with Crippen molar-refractivity contribution in [3.05, 3.63) is 94.5 Å². The summed E-state index contributed by atoms with van der Waals surface area (Å²) in [5, 5.41) is 21.6. The summed E-state index contributed by atoms with van der Waals surface area (Å²) in [7, 11) is 0. The average molecular weight is 570 g/mol. The summed E-state index contributed by atoms with van der Waals surface area (Å²) in [5.41, 5.74) is 4.95. The van der Waals surface area contributed by atoms with Crippen LogP contribution in [0.1, 0.15) is 89.8 Å². The fourth-order valence-electron chi connectivity index (χ4n) is 5.60. The van der Waals surface area contributed by atoms with Crippen LogP contribution < -0.4 is 20.7 Å². The third kappa shape index (κ3) is 7.39. The van der Waals surface area contributed by atoms with Gasteiger partial charge >= 0.3 is 0 Å². The second-order valence-corrected chi connectivity index (χ2v) is 12.1. The molecule has 2 aliphatic rings. The van der Waals surface area contributed by atoms with E-state index in [-0.39, 0.29) is 17.2 Å². The maximum absolute atomic E-state index is 13.6. The summed E-state index contributed by atoms with van der Waals surface area (Å²) in [5.74, 6) is 0.792. The summed E-state index contributed by atoms with van der Waals surface area (Å²) in [6.45, 7) is 7.51. The highest BCUT2D eigenvalue weighted by atomic mass is 16.5. The van der Waals surface area contributed by atoms with E-state index >= 15 is 0 Å². The summed E-state index contributed by atoms with van der Waals surface area (Å²) >= 11 is 0. The van der Waals surface area contributed by atoms with Crippen LogP contribution in [0.5, 0.6) is 5.75 Å². The molecule has 5 rings (SSSR count). The van der Waals surface area contributed by atoms with Crippen molar-refractivity contribution in [2.75, 3.05) is 25.0 Å². The Kier molecular flexibility index (Phi) is 9.29. The Balaban J connectivity index is 1.39. The smallest absolute Gasteiger partial charge is 0.251 e. The van der Waals surface area contributed by atoms with Gasteiger partial charge in [-0.3, -0.25) is 9.59 Å². The van der Waals surface area contributed by atoms with Gasteiger partial charge in [-0.15, -0.1) is 0 Å². The van der Waals surface area contributed by atoms with Crippen LogP contribution >= 0.6 is 0 Å². The van der Waals surface area contributed by atoms with Crippen molar-refractivity contribution in [1.29, 1.82) is 0 Å². The fourth-order valence-corrected chi connectivity index (χ4v) is 5.60. The molecule has 0 spiro atoms. The molecular weight excluding hydrogens is 526 g/mol. The number of aliphatic hydroxyl groups is 1. The van der Waals surface area contributed by atoms with Crippen molar-refractivity contribution in [1.82, 2.24) is 10.6 Å². The van der Waals surface area contributed by atoms with Crippen molar-refractivity contribution in [2.24, 2.45) is 0 Å². The SMILES string of the molecule is CC(=O)c1cc2cc(c1)C(=O)N[C@@H]([C@@H](O)CNC1(c3cccc(C(C)C)c3)CC1)Cc1cccc(c1)OCCCCN2. The number of rotatable bonds is 7. The second kappa shape index (κ2) is 13.1. The largest absolute Gasteiger partial charge is 0.494 e. The molecule has 4 N–H and O–H groups in total. The number of carbonyl (C=O) groups excluding carboxylic acids is 2. The first-order valence-electron chi connectivity index (χ1n) is 15.2. The Morgan fingerprint density at radius 3 is 2.64 bits per heavy atom. The highest BCUT2D eigenvalue weighted by Gasteiger charge is 2.44. The Morgan fingerprint density at radius 1 is 1.07 bits per heavy atom. The van der Waals surface area contributed by atoms with E-state index in [1.807, 2.05) is 24.3 Å². The van der Waals surface area contributed by atoms with Crippen molar-refractivity contribution in [3.8, 4) is 5.75 Å². The Morgan fingerprint density at radius 2 is 1.88 bits per heavy atom. The first-order valence-corrected chi connectivity index (χ1v) is 15.2. The molecule has 4 bridgehead atoms. The number of aliphatic hydroxyl groups excluding tert-OH is 1. The van der Waals surface area contributed by atoms with Gasteiger partial charge in [0.15, 0.2) is 5.78 Å². The zero-order valence-electron chi connectivity index (χ0n) is 24.9. The van der Waals surface area contributed by atoms with Crippen LogP contribution in [0, 0.1) is 0 Å². The predicted molar refractivity (Wildman–Crippen MR) is 167 cm³/mol. The Bertz CT molecular complexity index is 1410. The highest BCUT2D eigenvalue weighted by Crippen LogP contribution is 2.46. The molecule has 1 aliphatic heterocycles. The van der Waals surface area contributed by atoms with Gasteiger partial charge in [0, 0.05) is 35.4 Å². The molecule has 1 saturated carbocycles. The molecule has 7 nitrogen and oxygen atoms in total. The normalized spacial score (nSPS) is 19.3. The molecule has 2 atom stereocenters. The fraction of sp³-hybridized carbons (Fsp3) is 0.429. The molecule has 0 aromatic heterocycles. The van der Waals surface area contributed by atoms with Crippen LogP contribution in [-0.4, -0.2) is 48.6 Å². The minimum Gasteiger partial charge on any atom is -0.494 e. The lowest BCUT2D eigenvalue weighted by atomic mass is 9.95. The van der Waals surface area contributed by atoms with Gasteiger partial charge in [0.2, 0.25) is 0 Å². The number of anilines is 1. The zero-order valence-corrected chi connectivity index (χ0v) is 24.9. The Labute approximate surface area is 249 Å². The molecule has 3 aromatic carbocycles. The summed E-state index contributed by atoms with van der Waals surface area (Å²) in [6, 6.07) is 21.2. The van der Waals surface area contributed by atoms with Crippen LogP contribution in [-0.2, 0) is 12.0 Å². The average Bonchev–Trinajstić information content (AvgIpc) is 3.78. The zero-order chi connectivity index (χ0) is 29.7. The molecule has 1 heterocycles. The molecule has 3 aromatic rings. The van der Waals surface area contributed by atoms with Crippen molar-refractivity contribution in [3.63, 3.8) is 0 Å². The summed E-state index contributed by atoms with van der Waals surface area (Å²) in [6.07, 6.45) is 3.34. The number of Topliss-reactive ketones (excluding diaryl/α,β-unsaturated/α-hetero) is 1. The van der Waals surface area contributed by atoms with Gasteiger partial charge < -0.3 is 25.8 Å². The predicted octanol–water partition coefficient (Wildman–Crippen LogP) is 5.58. The second-order valence-electron chi connectivity index (χ2n) is 12.1. The molecule has 1 aliphatic carbocycles. The number of hydrogen-bond acceptors (Lipinski definition) is 6. The number of ether oxygens (including phenoxy) is 1. The number of amides is 1. The molecule has 0 radical (unpaired) electrons. The molecule has 1 fully saturated rings. The third-order valence-corrected chi connectivity index (χ3v) is 8.41. The molecule has 222 valence electrons. The minimum absolute atomic E-state index is 0.107. The topological polar surface area (TPSA) is 99.7 Å². The van der Waals surface area contributed by atoms with Gasteiger partial charge in [-0.2, -0.15) is 0 Å². The summed E-state index contributed by atoms with van der Waals surface area (Å²) < 4.78 is 6.00. The third-order valence-electron chi connectivity index (χ3n) is 8.41. The monoisotopic (exact) mass is 569 g/mol. The molecule has 7 heteroatoms. The lowest BCUT2D eigenvalue weighted by molar-refractivity contribution is 0.0822. The lowest BCUT2D eigenvalue weighted by Crippen LogP contribution is -2.50. The van der Waals surface area contributed by atoms with E-state index in [2.05, 4.69) is 54.1 Å². The van der Waals surface area contributed by atoms with E-state index in [1.165, 1.54) is 18.1 Å². The minimum atomic E-state index is -0.850. The van der Waals surface area contributed by atoms with Crippen LogP contribution in [0.25, 0.3) is 0 Å². The van der Waals surface area contributed by atoms with Gasteiger partial charge in [-0.25, -0.2) is 0 Å². The standard InChI is InChI=1S/C35H43N3O4/c1-23(2)26-9-7-10-29(19-26)35(12-13-35)37-22-33(40)32-17-25-8-6-11-31(16-25)42-15-5-4-14-36-30-20-27(24(3)39)18-28(21-30)34(41)38-32/h6-11,16,18-21,23,32-33,36-37,40H,4-5,12-15,17,22H2,1-3H3,(H,38,41)/t32-,33+/m1/s1. The van der Waals surface area contributed by atoms with E-state index in [1.54, 1.807) is 18.2 Å². The van der Waals surface area contributed by atoms with Gasteiger partial charge in [0.25, 0.3) is 5.91 Å². The van der Waals surface area contributed by atoms with E-state index in [0.717, 1.165) is 42.7 Å². The van der Waals surface area contributed by atoms with Crippen LogP contribution in [0.3, 0.4) is 0 Å². The first kappa shape index (κ1) is 29.8. The van der Waals surface area contributed by atoms with E-state index < -0.39 is 12.1 Å². The van der Waals surface area contributed by atoms with Gasteiger partial charge in [0.1, 0.15) is 5.75 Å². The van der Waals surface area contributed by atoms with E-state index in [9.17, 15) is 14.7 Å².